The quantitative estimate of drug-likeness (QED) is 0.626. The van der Waals surface area contributed by atoms with E-state index in [0.717, 1.165) is 0 Å². The number of alkyl carbamates (subject to hydrolysis) is 1. The molecule has 1 amide bonds. The van der Waals surface area contributed by atoms with Crippen molar-refractivity contribution >= 4 is 19.2 Å². The van der Waals surface area contributed by atoms with Crippen LogP contribution >= 0.6 is 0 Å². The molecule has 0 aromatic rings. The molecule has 1 saturated heterocycles. The Morgan fingerprint density at radius 2 is 2.16 bits per heavy atom. The minimum Gasteiger partial charge on any atom is -0.481 e. The van der Waals surface area contributed by atoms with Crippen LogP contribution in [0.5, 0.6) is 0 Å². The molecule has 1 aliphatic rings. The van der Waals surface area contributed by atoms with Crippen LogP contribution < -0.4 is 5.32 Å². The fraction of sp³-hybridized carbons (Fsp3) is 0.818. The molecule has 3 N–H and O–H groups in total. The summed E-state index contributed by atoms with van der Waals surface area (Å²) in [6.07, 6.45) is -0.342. The maximum atomic E-state index is 11.4. The lowest BCUT2D eigenvalue weighted by Gasteiger charge is -2.30. The van der Waals surface area contributed by atoms with E-state index in [9.17, 15) is 14.6 Å². The Morgan fingerprint density at radius 3 is 2.68 bits per heavy atom. The van der Waals surface area contributed by atoms with Gasteiger partial charge in [0.2, 0.25) is 0 Å². The summed E-state index contributed by atoms with van der Waals surface area (Å²) >= 11 is 0. The molecule has 0 spiro atoms. The Labute approximate surface area is 112 Å². The van der Waals surface area contributed by atoms with E-state index in [0.29, 0.717) is 19.4 Å². The van der Waals surface area contributed by atoms with Gasteiger partial charge in [-0.25, -0.2) is 4.79 Å². The van der Waals surface area contributed by atoms with Crippen molar-refractivity contribution in [2.75, 3.05) is 6.61 Å². The summed E-state index contributed by atoms with van der Waals surface area (Å²) in [4.78, 5) is 22.0. The summed E-state index contributed by atoms with van der Waals surface area (Å²) < 4.78 is 10.1. The van der Waals surface area contributed by atoms with E-state index in [1.807, 2.05) is 13.8 Å². The monoisotopic (exact) mass is 273 g/mol. The van der Waals surface area contributed by atoms with Crippen LogP contribution in [-0.4, -0.2) is 48.0 Å². The number of carbonyl (C=O) groups is 2. The van der Waals surface area contributed by atoms with Crippen LogP contribution in [0.25, 0.3) is 0 Å². The first-order valence-electron chi connectivity index (χ1n) is 6.37. The van der Waals surface area contributed by atoms with E-state index in [2.05, 4.69) is 5.32 Å². The molecule has 0 saturated carbocycles. The highest BCUT2D eigenvalue weighted by molar-refractivity contribution is 6.45. The molecule has 7 nitrogen and oxygen atoms in total. The van der Waals surface area contributed by atoms with Crippen molar-refractivity contribution in [3.63, 3.8) is 0 Å². The van der Waals surface area contributed by atoms with Gasteiger partial charge in [0, 0.05) is 0 Å². The van der Waals surface area contributed by atoms with Crippen LogP contribution in [0.1, 0.15) is 33.1 Å². The zero-order valence-electron chi connectivity index (χ0n) is 11.2. The molecule has 0 bridgehead atoms. The molecule has 0 aromatic heterocycles. The van der Waals surface area contributed by atoms with E-state index in [1.54, 1.807) is 0 Å². The molecule has 2 atom stereocenters. The highest BCUT2D eigenvalue weighted by atomic mass is 16.6. The van der Waals surface area contributed by atoms with Crippen molar-refractivity contribution in [2.45, 2.75) is 45.2 Å². The van der Waals surface area contributed by atoms with Crippen LogP contribution in [0.3, 0.4) is 0 Å². The number of nitrogens with one attached hydrogen (secondary N) is 1. The molecular formula is C11H20BNO6. The Morgan fingerprint density at radius 1 is 1.47 bits per heavy atom. The molecule has 19 heavy (non-hydrogen) atoms. The molecule has 0 aromatic carbocycles. The van der Waals surface area contributed by atoms with E-state index < -0.39 is 31.2 Å². The third-order valence-corrected chi connectivity index (χ3v) is 2.73. The van der Waals surface area contributed by atoms with Gasteiger partial charge in [-0.3, -0.25) is 4.79 Å². The highest BCUT2D eigenvalue weighted by Crippen LogP contribution is 2.18. The van der Waals surface area contributed by atoms with Crippen LogP contribution in [0.15, 0.2) is 0 Å². The first kappa shape index (κ1) is 15.8. The first-order chi connectivity index (χ1) is 8.88. The second-order valence-corrected chi connectivity index (χ2v) is 5.07. The lowest BCUT2D eigenvalue weighted by atomic mass is 9.72. The maximum Gasteiger partial charge on any atom is 0.478 e. The van der Waals surface area contributed by atoms with Crippen molar-refractivity contribution in [3.05, 3.63) is 0 Å². The zero-order chi connectivity index (χ0) is 14.4. The van der Waals surface area contributed by atoms with Crippen molar-refractivity contribution in [1.82, 2.24) is 5.32 Å². The Bertz CT molecular complexity index is 324. The summed E-state index contributed by atoms with van der Waals surface area (Å²) in [6.45, 7) is 4.14. The van der Waals surface area contributed by atoms with Crippen molar-refractivity contribution < 1.29 is 29.1 Å². The maximum absolute atomic E-state index is 11.4. The van der Waals surface area contributed by atoms with Crippen molar-refractivity contribution in [3.8, 4) is 0 Å². The number of amides is 1. The molecule has 2 unspecified atom stereocenters. The van der Waals surface area contributed by atoms with Crippen LogP contribution in [0.2, 0.25) is 0 Å². The predicted molar refractivity (Wildman–Crippen MR) is 67.4 cm³/mol. The van der Waals surface area contributed by atoms with Crippen molar-refractivity contribution in [2.24, 2.45) is 5.92 Å². The summed E-state index contributed by atoms with van der Waals surface area (Å²) in [5, 5.41) is 20.8. The number of hydrogen-bond donors (Lipinski definition) is 3. The fourth-order valence-corrected chi connectivity index (χ4v) is 1.79. The van der Waals surface area contributed by atoms with Gasteiger partial charge in [0.05, 0.1) is 25.1 Å². The van der Waals surface area contributed by atoms with Gasteiger partial charge in [0.15, 0.2) is 0 Å². The van der Waals surface area contributed by atoms with Crippen LogP contribution in [-0.2, 0) is 14.2 Å². The third-order valence-electron chi connectivity index (χ3n) is 2.73. The predicted octanol–water partition coefficient (Wildman–Crippen LogP) is 0.411. The van der Waals surface area contributed by atoms with Gasteiger partial charge in [-0.2, -0.15) is 0 Å². The normalized spacial score (nSPS) is 23.3. The number of carbonyl (C=O) groups excluding carboxylic acids is 1. The molecule has 1 aliphatic heterocycles. The van der Waals surface area contributed by atoms with Crippen molar-refractivity contribution in [1.29, 1.82) is 0 Å². The van der Waals surface area contributed by atoms with Gasteiger partial charge >= 0.3 is 19.2 Å². The highest BCUT2D eigenvalue weighted by Gasteiger charge is 2.37. The van der Waals surface area contributed by atoms with Gasteiger partial charge in [-0.05, 0) is 18.8 Å². The van der Waals surface area contributed by atoms with Gasteiger partial charge < -0.3 is 24.8 Å². The van der Waals surface area contributed by atoms with Gasteiger partial charge in [0.25, 0.3) is 0 Å². The molecule has 8 heteroatoms. The average Bonchev–Trinajstić information content (AvgIpc) is 2.29. The summed E-state index contributed by atoms with van der Waals surface area (Å²) in [5.74, 6) is -1.30. The van der Waals surface area contributed by atoms with Crippen LogP contribution in [0.4, 0.5) is 4.79 Å². The van der Waals surface area contributed by atoms with Gasteiger partial charge in [0.1, 0.15) is 0 Å². The molecule has 1 rings (SSSR count). The number of ether oxygens (including phenoxy) is 1. The summed E-state index contributed by atoms with van der Waals surface area (Å²) in [5.41, 5.74) is 0. The number of rotatable bonds is 5. The zero-order valence-corrected chi connectivity index (χ0v) is 11.2. The second-order valence-electron chi connectivity index (χ2n) is 5.07. The molecule has 108 valence electrons. The molecule has 1 heterocycles. The molecule has 0 radical (unpaired) electrons. The number of hydrogen-bond acceptors (Lipinski definition) is 5. The lowest BCUT2D eigenvalue weighted by molar-refractivity contribution is -0.139. The Kier molecular flexibility index (Phi) is 6.10. The number of carboxylic acids is 1. The number of aliphatic carboxylic acids is 1. The van der Waals surface area contributed by atoms with E-state index >= 15 is 0 Å². The second kappa shape index (κ2) is 7.35. The Balaban J connectivity index is 2.33. The fourth-order valence-electron chi connectivity index (χ4n) is 1.79. The average molecular weight is 273 g/mol. The lowest BCUT2D eigenvalue weighted by Crippen LogP contribution is -2.53. The minimum absolute atomic E-state index is 0.151. The number of carboxylic acid groups (broad SMARTS) is 1. The van der Waals surface area contributed by atoms with E-state index in [-0.39, 0.29) is 12.3 Å². The standard InChI is InChI=1S/C11H20BNO6/c1-7(2)6-18-11(16)13-9-4-3-8(5-10(14)15)19-12(9)17/h7-9,17H,3-6H2,1-2H3,(H,13,16)(H,14,15). The first-order valence-corrected chi connectivity index (χ1v) is 6.37. The largest absolute Gasteiger partial charge is 0.481 e. The summed E-state index contributed by atoms with van der Waals surface area (Å²) in [6, 6.07) is 0. The van der Waals surface area contributed by atoms with E-state index in [4.69, 9.17) is 14.5 Å². The van der Waals surface area contributed by atoms with E-state index in [1.165, 1.54) is 0 Å². The van der Waals surface area contributed by atoms with Gasteiger partial charge in [-0.15, -0.1) is 0 Å². The van der Waals surface area contributed by atoms with Crippen LogP contribution in [0, 0.1) is 5.92 Å². The smallest absolute Gasteiger partial charge is 0.478 e. The van der Waals surface area contributed by atoms with Gasteiger partial charge in [-0.1, -0.05) is 13.8 Å². The molecule has 1 fully saturated rings. The summed E-state index contributed by atoms with van der Waals surface area (Å²) in [7, 11) is -1.20. The minimum atomic E-state index is -1.20. The SMILES string of the molecule is CC(C)COC(=O)NC1CCC(CC(=O)O)OB1O. The third kappa shape index (κ3) is 5.93. The molecule has 0 aliphatic carbocycles. The molecular weight excluding hydrogens is 253 g/mol. The topological polar surface area (TPSA) is 105 Å². The Hall–Kier alpha value is -1.28.